The summed E-state index contributed by atoms with van der Waals surface area (Å²) in [4.78, 5) is 8.11. The van der Waals surface area contributed by atoms with E-state index in [0.29, 0.717) is 6.42 Å². The van der Waals surface area contributed by atoms with Gasteiger partial charge in [0, 0.05) is 46.2 Å². The number of nitrogens with zero attached hydrogens (tertiary/aromatic N) is 1. The number of aromatic nitrogens is 2. The Hall–Kier alpha value is -4.31. The Morgan fingerprint density at radius 3 is 2.69 bits per heavy atom. The van der Waals surface area contributed by atoms with E-state index in [0.717, 1.165) is 57.8 Å². The molecule has 5 rings (SSSR count). The van der Waals surface area contributed by atoms with E-state index < -0.39 is 0 Å². The highest BCUT2D eigenvalue weighted by molar-refractivity contribution is 5.98. The quantitative estimate of drug-likeness (QED) is 0.269. The van der Waals surface area contributed by atoms with Gasteiger partial charge < -0.3 is 16.0 Å². The molecular weight excluding hydrogens is 440 g/mol. The van der Waals surface area contributed by atoms with Crippen LogP contribution in [0, 0.1) is 6.92 Å². The molecule has 4 N–H and O–H groups in total. The molecule has 2 aromatic carbocycles. The molecule has 0 unspecified atom stereocenters. The van der Waals surface area contributed by atoms with Gasteiger partial charge in [0.15, 0.2) is 0 Å². The second-order valence-corrected chi connectivity index (χ2v) is 9.46. The van der Waals surface area contributed by atoms with Crippen molar-refractivity contribution in [2.24, 2.45) is 5.73 Å². The molecule has 3 heterocycles. The minimum absolute atomic E-state index is 0.678. The number of hydrogen-bond acceptors (Lipinski definition) is 3. The summed E-state index contributed by atoms with van der Waals surface area (Å²) in [6.45, 7) is 12.8. The third-order valence-electron chi connectivity index (χ3n) is 6.96. The van der Waals surface area contributed by atoms with Gasteiger partial charge in [0.25, 0.3) is 0 Å². The number of aryl methyl sites for hydroxylation is 2. The van der Waals surface area contributed by atoms with E-state index in [2.05, 4.69) is 90.0 Å². The third-order valence-corrected chi connectivity index (χ3v) is 6.96. The van der Waals surface area contributed by atoms with E-state index >= 15 is 0 Å². The molecule has 180 valence electrons. The number of fused-ring (bicyclic) bond motifs is 6. The fourth-order valence-electron chi connectivity index (χ4n) is 4.93. The molecule has 1 aliphatic rings. The van der Waals surface area contributed by atoms with Gasteiger partial charge in [-0.05, 0) is 78.3 Å². The average molecular weight is 473 g/mol. The highest BCUT2D eigenvalue weighted by atomic mass is 14.9. The fourth-order valence-corrected chi connectivity index (χ4v) is 4.93. The number of benzene rings is 2. The first-order valence-corrected chi connectivity index (χ1v) is 12.3. The first kappa shape index (κ1) is 23.4. The zero-order valence-corrected chi connectivity index (χ0v) is 21.0. The van der Waals surface area contributed by atoms with Crippen molar-refractivity contribution in [3.8, 4) is 11.1 Å². The molecule has 0 saturated carbocycles. The molecule has 0 radical (unpaired) electrons. The van der Waals surface area contributed by atoms with Crippen LogP contribution in [0.4, 0.5) is 5.69 Å². The number of H-pyrrole nitrogens is 1. The average Bonchev–Trinajstić information content (AvgIpc) is 3.21. The number of rotatable bonds is 1. The Morgan fingerprint density at radius 1 is 1.03 bits per heavy atom. The molecule has 0 atom stereocenters. The van der Waals surface area contributed by atoms with Crippen molar-refractivity contribution in [3.63, 3.8) is 0 Å². The second kappa shape index (κ2) is 9.74. The van der Waals surface area contributed by atoms with Crippen LogP contribution in [0.2, 0.25) is 0 Å². The largest absolute Gasteiger partial charge is 0.399 e. The number of nitrogens with two attached hydrogens (primary N) is 1. The lowest BCUT2D eigenvalue weighted by Crippen LogP contribution is -2.05. The van der Waals surface area contributed by atoms with Crippen LogP contribution in [-0.2, 0) is 12.8 Å². The normalized spacial score (nSPS) is 16.3. The van der Waals surface area contributed by atoms with Crippen molar-refractivity contribution in [1.82, 2.24) is 9.97 Å². The van der Waals surface area contributed by atoms with Crippen LogP contribution in [0.1, 0.15) is 35.7 Å². The summed E-state index contributed by atoms with van der Waals surface area (Å²) < 4.78 is 0. The maximum Gasteiger partial charge on any atom is 0.0574 e. The summed E-state index contributed by atoms with van der Waals surface area (Å²) in [7, 11) is 0. The molecule has 36 heavy (non-hydrogen) atoms. The maximum atomic E-state index is 6.48. The molecule has 0 fully saturated rings. The summed E-state index contributed by atoms with van der Waals surface area (Å²) in [6, 6.07) is 17.4. The van der Waals surface area contributed by atoms with Gasteiger partial charge in [0.2, 0.25) is 0 Å². The molecule has 0 saturated heterocycles. The lowest BCUT2D eigenvalue weighted by Gasteiger charge is -2.13. The van der Waals surface area contributed by atoms with Crippen LogP contribution < -0.4 is 11.1 Å². The minimum Gasteiger partial charge on any atom is -0.399 e. The smallest absolute Gasteiger partial charge is 0.0574 e. The molecule has 0 amide bonds. The zero-order chi connectivity index (χ0) is 25.2. The van der Waals surface area contributed by atoms with Crippen LogP contribution in [0.3, 0.4) is 0 Å². The molecule has 0 aliphatic carbocycles. The van der Waals surface area contributed by atoms with Crippen LogP contribution in [0.25, 0.3) is 27.6 Å². The van der Waals surface area contributed by atoms with Gasteiger partial charge in [-0.1, -0.05) is 55.6 Å². The highest BCUT2D eigenvalue weighted by Gasteiger charge is 2.16. The highest BCUT2D eigenvalue weighted by Crippen LogP contribution is 2.35. The molecule has 4 aromatic rings. The number of pyridine rings is 1. The number of hydrogen-bond donors (Lipinski definition) is 3. The molecule has 4 heteroatoms. The van der Waals surface area contributed by atoms with Crippen LogP contribution in [-0.4, -0.2) is 9.97 Å². The van der Waals surface area contributed by atoms with Gasteiger partial charge in [-0.25, -0.2) is 0 Å². The van der Waals surface area contributed by atoms with E-state index in [4.69, 9.17) is 5.73 Å². The van der Waals surface area contributed by atoms with Gasteiger partial charge in [0.1, 0.15) is 0 Å². The molecule has 6 bridgehead atoms. The Balaban J connectivity index is 1.70. The number of aromatic amines is 1. The van der Waals surface area contributed by atoms with E-state index in [9.17, 15) is 0 Å². The Kier molecular flexibility index (Phi) is 6.34. The molecular formula is C32H32N4. The summed E-state index contributed by atoms with van der Waals surface area (Å²) in [5.41, 5.74) is 19.2. The monoisotopic (exact) mass is 472 g/mol. The fraction of sp³-hybridized carbons (Fsp3) is 0.156. The van der Waals surface area contributed by atoms with Crippen molar-refractivity contribution in [2.75, 3.05) is 5.32 Å². The molecule has 2 aromatic heterocycles. The first-order chi connectivity index (χ1) is 17.4. The van der Waals surface area contributed by atoms with Gasteiger partial charge in [-0.2, -0.15) is 0 Å². The maximum absolute atomic E-state index is 6.48. The molecule has 1 aliphatic heterocycles. The Morgan fingerprint density at radius 2 is 1.86 bits per heavy atom. The molecule has 0 spiro atoms. The van der Waals surface area contributed by atoms with Gasteiger partial charge >= 0.3 is 0 Å². The summed E-state index contributed by atoms with van der Waals surface area (Å²) in [6.07, 6.45) is 10.1. The van der Waals surface area contributed by atoms with Crippen molar-refractivity contribution >= 4 is 22.2 Å². The summed E-state index contributed by atoms with van der Waals surface area (Å²) in [5, 5.41) is 4.68. The van der Waals surface area contributed by atoms with Crippen molar-refractivity contribution < 1.29 is 0 Å². The third kappa shape index (κ3) is 4.63. The number of anilines is 1. The molecule has 4 nitrogen and oxygen atoms in total. The zero-order valence-electron chi connectivity index (χ0n) is 21.0. The predicted molar refractivity (Wildman–Crippen MR) is 153 cm³/mol. The Labute approximate surface area is 213 Å². The second-order valence-electron chi connectivity index (χ2n) is 9.46. The minimum atomic E-state index is 0.678. The van der Waals surface area contributed by atoms with Crippen molar-refractivity contribution in [1.29, 1.82) is 0 Å². The lowest BCUT2D eigenvalue weighted by atomic mass is 9.95. The van der Waals surface area contributed by atoms with Gasteiger partial charge in [0.05, 0.1) is 11.9 Å². The Bertz CT molecular complexity index is 1550. The van der Waals surface area contributed by atoms with Crippen molar-refractivity contribution in [2.45, 2.75) is 33.1 Å². The SMILES string of the molecule is C=C1CCc2cccc(c2)-c2cccc3[nH]c(c(C)c23)CC(/C(N)=C\C)=C/C(=C)c2cncc(c2)N1. The predicted octanol–water partition coefficient (Wildman–Crippen LogP) is 7.45. The standard InChI is InChI=1S/C32H32N4/c1-5-29(33)25-14-20(2)26-16-27(19-34-18-26)35-21(3)12-13-23-8-6-9-24(15-23)28-10-7-11-30-32(28)22(4)31(17-25)36-30/h5-11,14-16,18-19,35-36H,2-3,12-13,17,33H2,1,4H3/b25-14-,29-5+. The van der Waals surface area contributed by atoms with Crippen LogP contribution >= 0.6 is 0 Å². The van der Waals surface area contributed by atoms with Crippen LogP contribution in [0.5, 0.6) is 0 Å². The van der Waals surface area contributed by atoms with E-state index in [1.807, 2.05) is 25.4 Å². The number of allylic oxidation sites excluding steroid dienone is 5. The van der Waals surface area contributed by atoms with E-state index in [1.54, 1.807) is 0 Å². The summed E-state index contributed by atoms with van der Waals surface area (Å²) in [5.74, 6) is 0. The lowest BCUT2D eigenvalue weighted by molar-refractivity contribution is 0.950. The van der Waals surface area contributed by atoms with E-state index in [-0.39, 0.29) is 0 Å². The topological polar surface area (TPSA) is 66.7 Å². The first-order valence-electron chi connectivity index (χ1n) is 12.3. The van der Waals surface area contributed by atoms with Gasteiger partial charge in [-0.3, -0.25) is 4.98 Å². The number of nitrogens with one attached hydrogen (secondary N) is 2. The summed E-state index contributed by atoms with van der Waals surface area (Å²) >= 11 is 0. The van der Waals surface area contributed by atoms with E-state index in [1.165, 1.54) is 27.6 Å². The van der Waals surface area contributed by atoms with Crippen LogP contribution in [0.15, 0.2) is 103 Å². The van der Waals surface area contributed by atoms with Crippen molar-refractivity contribution in [3.05, 3.63) is 126 Å². The van der Waals surface area contributed by atoms with Gasteiger partial charge in [-0.15, -0.1) is 0 Å².